The first-order chi connectivity index (χ1) is 11.2. The third-order valence-corrected chi connectivity index (χ3v) is 3.20. The van der Waals surface area contributed by atoms with Gasteiger partial charge in [0, 0.05) is 30.2 Å². The number of hydrogen-bond acceptors (Lipinski definition) is 4. The number of nitrogens with zero attached hydrogens (tertiary/aromatic N) is 3. The molecule has 0 radical (unpaired) electrons. The van der Waals surface area contributed by atoms with E-state index in [1.807, 2.05) is 30.3 Å². The zero-order valence-electron chi connectivity index (χ0n) is 12.5. The van der Waals surface area contributed by atoms with E-state index in [-0.39, 0.29) is 11.5 Å². The standard InChI is InChI=1S/C18H14N4O/c1-22(17-5-3-2-4-6-17)18(23)15-7-9-16(10-8-15)21-13-14(11-19)12-20/h2-10,13,21H,1H3. The number of carbonyl (C=O) groups is 1. The molecule has 0 unspecified atom stereocenters. The highest BCUT2D eigenvalue weighted by Gasteiger charge is 2.12. The topological polar surface area (TPSA) is 79.9 Å². The molecule has 0 heterocycles. The Kier molecular flexibility index (Phi) is 5.12. The van der Waals surface area contributed by atoms with Gasteiger partial charge in [-0.1, -0.05) is 18.2 Å². The van der Waals surface area contributed by atoms with Crippen LogP contribution in [0.5, 0.6) is 0 Å². The van der Waals surface area contributed by atoms with E-state index in [9.17, 15) is 4.79 Å². The van der Waals surface area contributed by atoms with Gasteiger partial charge >= 0.3 is 0 Å². The number of anilines is 2. The second-order valence-corrected chi connectivity index (χ2v) is 4.70. The van der Waals surface area contributed by atoms with E-state index in [1.54, 1.807) is 48.4 Å². The van der Waals surface area contributed by atoms with E-state index in [0.717, 1.165) is 5.69 Å². The molecule has 1 N–H and O–H groups in total. The molecule has 2 aromatic rings. The van der Waals surface area contributed by atoms with Gasteiger partial charge in [-0.05, 0) is 36.4 Å². The fourth-order valence-corrected chi connectivity index (χ4v) is 1.92. The summed E-state index contributed by atoms with van der Waals surface area (Å²) in [5.41, 5.74) is 2.03. The molecule has 1 amide bonds. The van der Waals surface area contributed by atoms with E-state index in [2.05, 4.69) is 5.32 Å². The molecule has 0 aliphatic carbocycles. The number of allylic oxidation sites excluding steroid dienone is 1. The quantitative estimate of drug-likeness (QED) is 0.879. The van der Waals surface area contributed by atoms with E-state index in [0.29, 0.717) is 11.3 Å². The van der Waals surface area contributed by atoms with Gasteiger partial charge in [-0.15, -0.1) is 0 Å². The monoisotopic (exact) mass is 302 g/mol. The second kappa shape index (κ2) is 7.44. The fraction of sp³-hybridized carbons (Fsp3) is 0.0556. The van der Waals surface area contributed by atoms with Crippen molar-refractivity contribution >= 4 is 17.3 Å². The fourth-order valence-electron chi connectivity index (χ4n) is 1.92. The van der Waals surface area contributed by atoms with E-state index >= 15 is 0 Å². The molecule has 0 aliphatic heterocycles. The van der Waals surface area contributed by atoms with Crippen LogP contribution in [0.25, 0.3) is 0 Å². The van der Waals surface area contributed by atoms with Gasteiger partial charge in [-0.3, -0.25) is 4.79 Å². The first-order valence-electron chi connectivity index (χ1n) is 6.86. The Balaban J connectivity index is 2.11. The van der Waals surface area contributed by atoms with Crippen molar-refractivity contribution in [2.45, 2.75) is 0 Å². The van der Waals surface area contributed by atoms with Crippen molar-refractivity contribution in [2.75, 3.05) is 17.3 Å². The molecule has 23 heavy (non-hydrogen) atoms. The van der Waals surface area contributed by atoms with Crippen LogP contribution in [0.3, 0.4) is 0 Å². The number of para-hydroxylation sites is 1. The van der Waals surface area contributed by atoms with E-state index in [1.165, 1.54) is 6.20 Å². The third kappa shape index (κ3) is 3.96. The molecular weight excluding hydrogens is 288 g/mol. The molecule has 5 nitrogen and oxygen atoms in total. The highest BCUT2D eigenvalue weighted by molar-refractivity contribution is 6.05. The summed E-state index contributed by atoms with van der Waals surface area (Å²) in [6, 6.07) is 19.7. The highest BCUT2D eigenvalue weighted by atomic mass is 16.2. The van der Waals surface area contributed by atoms with Crippen LogP contribution in [0.2, 0.25) is 0 Å². The van der Waals surface area contributed by atoms with Crippen LogP contribution >= 0.6 is 0 Å². The molecule has 0 bridgehead atoms. The van der Waals surface area contributed by atoms with Crippen molar-refractivity contribution in [3.8, 4) is 12.1 Å². The minimum absolute atomic E-state index is 0.0195. The lowest BCUT2D eigenvalue weighted by molar-refractivity contribution is 0.0993. The van der Waals surface area contributed by atoms with Crippen LogP contribution in [-0.2, 0) is 0 Å². The predicted octanol–water partition coefficient (Wildman–Crippen LogP) is 3.31. The number of hydrogen-bond donors (Lipinski definition) is 1. The predicted molar refractivity (Wildman–Crippen MR) is 88.5 cm³/mol. The molecule has 0 saturated carbocycles. The van der Waals surface area contributed by atoms with Gasteiger partial charge in [-0.2, -0.15) is 10.5 Å². The summed E-state index contributed by atoms with van der Waals surface area (Å²) in [4.78, 5) is 14.0. The summed E-state index contributed by atoms with van der Waals surface area (Å²) >= 11 is 0. The largest absolute Gasteiger partial charge is 0.360 e. The number of nitriles is 2. The summed E-state index contributed by atoms with van der Waals surface area (Å²) in [6.45, 7) is 0. The summed E-state index contributed by atoms with van der Waals surface area (Å²) < 4.78 is 0. The maximum absolute atomic E-state index is 12.4. The SMILES string of the molecule is CN(C(=O)c1ccc(NC=C(C#N)C#N)cc1)c1ccccc1. The number of rotatable bonds is 4. The van der Waals surface area contributed by atoms with Crippen molar-refractivity contribution in [3.05, 3.63) is 71.9 Å². The van der Waals surface area contributed by atoms with Crippen LogP contribution in [0.1, 0.15) is 10.4 Å². The highest BCUT2D eigenvalue weighted by Crippen LogP contribution is 2.16. The molecule has 0 atom stereocenters. The van der Waals surface area contributed by atoms with Crippen molar-refractivity contribution < 1.29 is 4.79 Å². The zero-order valence-corrected chi connectivity index (χ0v) is 12.5. The van der Waals surface area contributed by atoms with Gasteiger partial charge in [0.1, 0.15) is 17.7 Å². The van der Waals surface area contributed by atoms with Crippen molar-refractivity contribution in [3.63, 3.8) is 0 Å². The van der Waals surface area contributed by atoms with Crippen molar-refractivity contribution in [1.82, 2.24) is 0 Å². The Morgan fingerprint density at radius 3 is 2.22 bits per heavy atom. The van der Waals surface area contributed by atoms with Gasteiger partial charge in [0.2, 0.25) is 0 Å². The summed E-state index contributed by atoms with van der Waals surface area (Å²) in [5, 5.41) is 20.2. The molecule has 5 heteroatoms. The molecule has 2 aromatic carbocycles. The van der Waals surface area contributed by atoms with Crippen LogP contribution in [-0.4, -0.2) is 13.0 Å². The first-order valence-corrected chi connectivity index (χ1v) is 6.86. The Labute approximate surface area is 134 Å². The molecule has 0 fully saturated rings. The summed E-state index contributed by atoms with van der Waals surface area (Å²) in [5.74, 6) is -0.118. The van der Waals surface area contributed by atoms with Gasteiger partial charge < -0.3 is 10.2 Å². The lowest BCUT2D eigenvalue weighted by Gasteiger charge is -2.17. The maximum atomic E-state index is 12.4. The lowest BCUT2D eigenvalue weighted by atomic mass is 10.1. The Morgan fingerprint density at radius 2 is 1.65 bits per heavy atom. The van der Waals surface area contributed by atoms with Crippen molar-refractivity contribution in [1.29, 1.82) is 10.5 Å². The normalized spacial score (nSPS) is 9.17. The smallest absolute Gasteiger partial charge is 0.258 e. The number of benzene rings is 2. The average Bonchev–Trinajstić information content (AvgIpc) is 2.62. The van der Waals surface area contributed by atoms with Gasteiger partial charge in [0.05, 0.1) is 0 Å². The van der Waals surface area contributed by atoms with Crippen LogP contribution in [0, 0.1) is 22.7 Å². The minimum atomic E-state index is -0.118. The number of carbonyl (C=O) groups excluding carboxylic acids is 1. The molecule has 112 valence electrons. The Bertz CT molecular complexity index is 780. The molecule has 2 rings (SSSR count). The average molecular weight is 302 g/mol. The molecule has 0 spiro atoms. The molecule has 0 saturated heterocycles. The summed E-state index contributed by atoms with van der Waals surface area (Å²) in [6.07, 6.45) is 1.33. The van der Waals surface area contributed by atoms with Crippen LogP contribution in [0.4, 0.5) is 11.4 Å². The third-order valence-electron chi connectivity index (χ3n) is 3.20. The lowest BCUT2D eigenvalue weighted by Crippen LogP contribution is -2.26. The van der Waals surface area contributed by atoms with Gasteiger partial charge in [0.25, 0.3) is 5.91 Å². The van der Waals surface area contributed by atoms with E-state index < -0.39 is 0 Å². The Morgan fingerprint density at radius 1 is 1.04 bits per heavy atom. The Hall–Kier alpha value is -3.57. The van der Waals surface area contributed by atoms with Gasteiger partial charge in [-0.25, -0.2) is 0 Å². The van der Waals surface area contributed by atoms with Crippen LogP contribution < -0.4 is 10.2 Å². The zero-order chi connectivity index (χ0) is 16.7. The number of amides is 1. The number of nitrogens with one attached hydrogen (secondary N) is 1. The second-order valence-electron chi connectivity index (χ2n) is 4.70. The van der Waals surface area contributed by atoms with Crippen molar-refractivity contribution in [2.24, 2.45) is 0 Å². The van der Waals surface area contributed by atoms with E-state index in [4.69, 9.17) is 10.5 Å². The van der Waals surface area contributed by atoms with Crippen LogP contribution in [0.15, 0.2) is 66.4 Å². The summed E-state index contributed by atoms with van der Waals surface area (Å²) in [7, 11) is 1.72. The molecule has 0 aliphatic rings. The molecular formula is C18H14N4O. The molecule has 0 aromatic heterocycles. The van der Waals surface area contributed by atoms with Gasteiger partial charge in [0.15, 0.2) is 0 Å². The maximum Gasteiger partial charge on any atom is 0.258 e. The first kappa shape index (κ1) is 15.8. The minimum Gasteiger partial charge on any atom is -0.360 e.